The van der Waals surface area contributed by atoms with Crippen LogP contribution in [-0.4, -0.2) is 47.1 Å². The van der Waals surface area contributed by atoms with Crippen LogP contribution >= 0.6 is 24.0 Å². The SMILES string of the molecule is CCCCC(CNC(=O)OC(C)(C)C)NC(=NC)NCc1c(C)nn(C)c1C.I. The predicted octanol–water partition coefficient (Wildman–Crippen LogP) is 3.40. The van der Waals surface area contributed by atoms with Crippen LogP contribution in [0, 0.1) is 13.8 Å². The van der Waals surface area contributed by atoms with Gasteiger partial charge in [0.25, 0.3) is 0 Å². The van der Waals surface area contributed by atoms with Crippen molar-refractivity contribution in [2.24, 2.45) is 12.0 Å². The quantitative estimate of drug-likeness (QED) is 0.277. The summed E-state index contributed by atoms with van der Waals surface area (Å²) in [5.41, 5.74) is 2.81. The van der Waals surface area contributed by atoms with Gasteiger partial charge in [-0.15, -0.1) is 24.0 Å². The third-order valence-corrected chi connectivity index (χ3v) is 4.45. The zero-order valence-electron chi connectivity index (χ0n) is 19.2. The normalized spacial score (nSPS) is 12.8. The molecule has 0 aliphatic heterocycles. The molecule has 1 atom stereocenters. The number of aliphatic imine (C=N–C) groups is 1. The maximum atomic E-state index is 12.0. The number of nitrogens with zero attached hydrogens (tertiary/aromatic N) is 3. The summed E-state index contributed by atoms with van der Waals surface area (Å²) >= 11 is 0. The van der Waals surface area contributed by atoms with E-state index < -0.39 is 11.7 Å². The minimum atomic E-state index is -0.506. The van der Waals surface area contributed by atoms with Gasteiger partial charge in [-0.2, -0.15) is 5.10 Å². The van der Waals surface area contributed by atoms with Crippen LogP contribution in [-0.2, 0) is 18.3 Å². The van der Waals surface area contributed by atoms with Crippen molar-refractivity contribution in [2.75, 3.05) is 13.6 Å². The lowest BCUT2D eigenvalue weighted by atomic mass is 10.1. The van der Waals surface area contributed by atoms with Crippen molar-refractivity contribution in [1.82, 2.24) is 25.7 Å². The summed E-state index contributed by atoms with van der Waals surface area (Å²) in [6.45, 7) is 12.9. The Morgan fingerprint density at radius 2 is 1.93 bits per heavy atom. The number of guanidine groups is 1. The molecule has 168 valence electrons. The molecular formula is C20H39IN6O2. The maximum absolute atomic E-state index is 12.0. The number of unbranched alkanes of at least 4 members (excludes halogenated alkanes) is 1. The molecule has 1 heterocycles. The molecule has 0 aliphatic carbocycles. The molecule has 0 saturated carbocycles. The van der Waals surface area contributed by atoms with Crippen molar-refractivity contribution < 1.29 is 9.53 Å². The summed E-state index contributed by atoms with van der Waals surface area (Å²) in [4.78, 5) is 16.3. The fourth-order valence-electron chi connectivity index (χ4n) is 2.83. The molecule has 0 spiro atoms. The first-order chi connectivity index (χ1) is 13.1. The van der Waals surface area contributed by atoms with Crippen molar-refractivity contribution in [3.63, 3.8) is 0 Å². The summed E-state index contributed by atoms with van der Waals surface area (Å²) in [5.74, 6) is 0.703. The number of aromatic nitrogens is 2. The molecule has 0 radical (unpaired) electrons. The van der Waals surface area contributed by atoms with Gasteiger partial charge >= 0.3 is 6.09 Å². The van der Waals surface area contributed by atoms with Crippen LogP contribution in [0.4, 0.5) is 4.79 Å². The summed E-state index contributed by atoms with van der Waals surface area (Å²) in [6.07, 6.45) is 2.68. The molecule has 0 aliphatic rings. The number of carbonyl (C=O) groups is 1. The third-order valence-electron chi connectivity index (χ3n) is 4.45. The van der Waals surface area contributed by atoms with Crippen molar-refractivity contribution in [3.05, 3.63) is 17.0 Å². The standard InChI is InChI=1S/C20H38N6O2.HI/c1-9-10-11-16(12-23-19(27)28-20(4,5)6)24-18(21-7)22-13-17-14(2)25-26(8)15(17)3;/h16H,9-13H2,1-8H3,(H,23,27)(H2,21,22,24);1H. The Morgan fingerprint density at radius 3 is 2.41 bits per heavy atom. The number of nitrogens with one attached hydrogen (secondary N) is 3. The number of amides is 1. The Morgan fingerprint density at radius 1 is 1.28 bits per heavy atom. The van der Waals surface area contributed by atoms with Gasteiger partial charge in [0.2, 0.25) is 0 Å². The zero-order chi connectivity index (χ0) is 21.3. The molecule has 1 aromatic heterocycles. The van der Waals surface area contributed by atoms with Gasteiger partial charge < -0.3 is 20.7 Å². The lowest BCUT2D eigenvalue weighted by molar-refractivity contribution is 0.0523. The molecular weight excluding hydrogens is 483 g/mol. The largest absolute Gasteiger partial charge is 0.444 e. The van der Waals surface area contributed by atoms with Crippen LogP contribution in [0.1, 0.15) is 63.9 Å². The van der Waals surface area contributed by atoms with Gasteiger partial charge in [-0.25, -0.2) is 4.79 Å². The number of hydrogen-bond donors (Lipinski definition) is 3. The molecule has 0 bridgehead atoms. The highest BCUT2D eigenvalue weighted by Crippen LogP contribution is 2.11. The molecule has 0 aromatic carbocycles. The van der Waals surface area contributed by atoms with E-state index in [1.807, 2.05) is 39.4 Å². The second-order valence-electron chi connectivity index (χ2n) is 8.07. The van der Waals surface area contributed by atoms with Gasteiger partial charge in [-0.3, -0.25) is 9.67 Å². The summed E-state index contributed by atoms with van der Waals surface area (Å²) in [6, 6.07) is 0.0646. The van der Waals surface area contributed by atoms with Gasteiger partial charge in [0.05, 0.1) is 5.69 Å². The number of halogens is 1. The van der Waals surface area contributed by atoms with Crippen LogP contribution in [0.5, 0.6) is 0 Å². The average Bonchev–Trinajstić information content (AvgIpc) is 2.84. The van der Waals surface area contributed by atoms with E-state index in [9.17, 15) is 4.79 Å². The Bertz CT molecular complexity index is 667. The van der Waals surface area contributed by atoms with Crippen molar-refractivity contribution >= 4 is 36.0 Å². The molecule has 9 heteroatoms. The monoisotopic (exact) mass is 522 g/mol. The van der Waals surface area contributed by atoms with Gasteiger partial charge in [0, 0.05) is 44.5 Å². The van der Waals surface area contributed by atoms with E-state index in [-0.39, 0.29) is 30.0 Å². The number of ether oxygens (including phenoxy) is 1. The summed E-state index contributed by atoms with van der Waals surface area (Å²) in [7, 11) is 3.69. The first kappa shape index (κ1) is 27.5. The number of rotatable bonds is 8. The van der Waals surface area contributed by atoms with Gasteiger partial charge in [-0.05, 0) is 41.0 Å². The highest BCUT2D eigenvalue weighted by Gasteiger charge is 2.18. The molecule has 0 fully saturated rings. The second-order valence-corrected chi connectivity index (χ2v) is 8.07. The summed E-state index contributed by atoms with van der Waals surface area (Å²) < 4.78 is 7.21. The first-order valence-corrected chi connectivity index (χ1v) is 10.0. The third kappa shape index (κ3) is 10.2. The van der Waals surface area contributed by atoms with E-state index in [4.69, 9.17) is 4.74 Å². The Labute approximate surface area is 192 Å². The number of hydrogen-bond acceptors (Lipinski definition) is 4. The van der Waals surface area contributed by atoms with Crippen LogP contribution in [0.3, 0.4) is 0 Å². The second kappa shape index (κ2) is 12.9. The molecule has 1 aromatic rings. The van der Waals surface area contributed by atoms with E-state index in [0.717, 1.165) is 30.7 Å². The molecule has 1 amide bonds. The van der Waals surface area contributed by atoms with Crippen LogP contribution in [0.25, 0.3) is 0 Å². The van der Waals surface area contributed by atoms with E-state index in [0.29, 0.717) is 19.0 Å². The van der Waals surface area contributed by atoms with Gasteiger partial charge in [0.15, 0.2) is 5.96 Å². The average molecular weight is 522 g/mol. The fraction of sp³-hybridized carbons (Fsp3) is 0.750. The fourth-order valence-corrected chi connectivity index (χ4v) is 2.83. The van der Waals surface area contributed by atoms with Gasteiger partial charge in [-0.1, -0.05) is 19.8 Å². The van der Waals surface area contributed by atoms with Gasteiger partial charge in [0.1, 0.15) is 5.60 Å². The summed E-state index contributed by atoms with van der Waals surface area (Å²) in [5, 5.41) is 14.1. The van der Waals surface area contributed by atoms with Crippen molar-refractivity contribution in [3.8, 4) is 0 Å². The Balaban J connectivity index is 0.00000784. The zero-order valence-corrected chi connectivity index (χ0v) is 21.5. The number of carbonyl (C=O) groups excluding carboxylic acids is 1. The molecule has 1 unspecified atom stereocenters. The first-order valence-electron chi connectivity index (χ1n) is 10.0. The smallest absolute Gasteiger partial charge is 0.407 e. The molecule has 0 saturated heterocycles. The van der Waals surface area contributed by atoms with E-state index in [1.54, 1.807) is 7.05 Å². The van der Waals surface area contributed by atoms with Crippen molar-refractivity contribution in [1.29, 1.82) is 0 Å². The lowest BCUT2D eigenvalue weighted by Crippen LogP contribution is -2.48. The number of aryl methyl sites for hydroxylation is 2. The lowest BCUT2D eigenvalue weighted by Gasteiger charge is -2.24. The minimum absolute atomic E-state index is 0. The van der Waals surface area contributed by atoms with Crippen LogP contribution in [0.15, 0.2) is 4.99 Å². The molecule has 8 nitrogen and oxygen atoms in total. The van der Waals surface area contributed by atoms with Crippen molar-refractivity contribution in [2.45, 2.75) is 79.0 Å². The highest BCUT2D eigenvalue weighted by molar-refractivity contribution is 14.0. The highest BCUT2D eigenvalue weighted by atomic mass is 127. The number of alkyl carbamates (subject to hydrolysis) is 1. The Hall–Kier alpha value is -1.52. The molecule has 29 heavy (non-hydrogen) atoms. The molecule has 3 N–H and O–H groups in total. The van der Waals surface area contributed by atoms with E-state index in [1.165, 1.54) is 5.56 Å². The maximum Gasteiger partial charge on any atom is 0.407 e. The van der Waals surface area contributed by atoms with Crippen LogP contribution < -0.4 is 16.0 Å². The Kier molecular flexibility index (Phi) is 12.2. The minimum Gasteiger partial charge on any atom is -0.444 e. The van der Waals surface area contributed by atoms with E-state index >= 15 is 0 Å². The van der Waals surface area contributed by atoms with Crippen LogP contribution in [0.2, 0.25) is 0 Å². The molecule has 1 rings (SSSR count). The predicted molar refractivity (Wildman–Crippen MR) is 129 cm³/mol. The van der Waals surface area contributed by atoms with E-state index in [2.05, 4.69) is 39.9 Å². The topological polar surface area (TPSA) is 92.6 Å².